The molecule has 3 aliphatic rings. The average molecular weight is 507 g/mol. The second-order valence-corrected chi connectivity index (χ2v) is 10.5. The van der Waals surface area contributed by atoms with Gasteiger partial charge in [-0.15, -0.1) is 0 Å². The molecule has 194 valence electrons. The molecular weight excluding hydrogens is 474 g/mol. The van der Waals surface area contributed by atoms with E-state index >= 15 is 0 Å². The van der Waals surface area contributed by atoms with Gasteiger partial charge in [0, 0.05) is 49.4 Å². The summed E-state index contributed by atoms with van der Waals surface area (Å²) >= 11 is 0. The van der Waals surface area contributed by atoms with Gasteiger partial charge >= 0.3 is 0 Å². The summed E-state index contributed by atoms with van der Waals surface area (Å²) in [5, 5.41) is 24.1. The van der Waals surface area contributed by atoms with Gasteiger partial charge in [0.25, 0.3) is 0 Å². The van der Waals surface area contributed by atoms with Crippen molar-refractivity contribution >= 4 is 17.7 Å². The van der Waals surface area contributed by atoms with Gasteiger partial charge in [0.2, 0.25) is 5.91 Å². The Morgan fingerprint density at radius 3 is 2.54 bits per heavy atom. The highest BCUT2D eigenvalue weighted by molar-refractivity contribution is 5.91. The van der Waals surface area contributed by atoms with Crippen molar-refractivity contribution in [1.29, 1.82) is 5.26 Å². The van der Waals surface area contributed by atoms with Crippen LogP contribution in [0.2, 0.25) is 0 Å². The first-order valence-electron chi connectivity index (χ1n) is 13.0. The Morgan fingerprint density at radius 2 is 1.86 bits per heavy atom. The molecule has 2 aromatic rings. The lowest BCUT2D eigenvalue weighted by atomic mass is 9.74. The molecule has 1 atom stereocenters. The van der Waals surface area contributed by atoms with Gasteiger partial charge in [0.15, 0.2) is 0 Å². The lowest BCUT2D eigenvalue weighted by Crippen LogP contribution is -2.46. The lowest BCUT2D eigenvalue weighted by Gasteiger charge is -2.37. The van der Waals surface area contributed by atoms with Crippen LogP contribution < -0.4 is 10.2 Å². The molecule has 0 bridgehead atoms. The Labute approximate surface area is 216 Å². The summed E-state index contributed by atoms with van der Waals surface area (Å²) in [7, 11) is 0. The van der Waals surface area contributed by atoms with Gasteiger partial charge in [0.05, 0.1) is 17.7 Å². The van der Waals surface area contributed by atoms with Crippen LogP contribution in [0.4, 0.5) is 14.5 Å². The fourth-order valence-electron chi connectivity index (χ4n) is 6.17. The first-order chi connectivity index (χ1) is 17.9. The topological polar surface area (TPSA) is 79.6 Å². The van der Waals surface area contributed by atoms with E-state index in [4.69, 9.17) is 0 Å². The number of aliphatic hydroxyl groups excluding tert-OH is 1. The zero-order valence-electron chi connectivity index (χ0n) is 20.8. The van der Waals surface area contributed by atoms with Crippen molar-refractivity contribution in [2.45, 2.75) is 37.2 Å². The summed E-state index contributed by atoms with van der Waals surface area (Å²) in [6.45, 7) is 4.32. The normalized spacial score (nSPS) is 20.3. The molecule has 1 amide bonds. The van der Waals surface area contributed by atoms with Gasteiger partial charge in [-0.25, -0.2) is 8.78 Å². The lowest BCUT2D eigenvalue weighted by molar-refractivity contribution is -0.127. The third kappa shape index (κ3) is 5.39. The molecule has 1 spiro atoms. The molecule has 0 aromatic heterocycles. The smallest absolute Gasteiger partial charge is 0.246 e. The van der Waals surface area contributed by atoms with Crippen LogP contribution in [0.25, 0.3) is 6.08 Å². The van der Waals surface area contributed by atoms with E-state index in [1.54, 1.807) is 4.90 Å². The van der Waals surface area contributed by atoms with Crippen molar-refractivity contribution in [3.8, 4) is 6.07 Å². The second-order valence-electron chi connectivity index (χ2n) is 10.5. The quantitative estimate of drug-likeness (QED) is 0.606. The van der Waals surface area contributed by atoms with E-state index in [2.05, 4.69) is 22.4 Å². The van der Waals surface area contributed by atoms with E-state index in [0.717, 1.165) is 44.2 Å². The van der Waals surface area contributed by atoms with Crippen LogP contribution in [0.1, 0.15) is 42.4 Å². The minimum atomic E-state index is -0.683. The Hall–Kier alpha value is -3.28. The number of likely N-dealkylation sites (tertiary alicyclic amines) is 1. The Balaban J connectivity index is 1.20. The van der Waals surface area contributed by atoms with E-state index in [1.165, 1.54) is 29.8 Å². The molecule has 2 aromatic carbocycles. The number of nitrogens with one attached hydrogen (secondary N) is 1. The molecule has 2 saturated heterocycles. The third-order valence-electron chi connectivity index (χ3n) is 8.20. The molecule has 3 heterocycles. The van der Waals surface area contributed by atoms with E-state index in [1.807, 2.05) is 12.1 Å². The van der Waals surface area contributed by atoms with Crippen LogP contribution in [0.5, 0.6) is 0 Å². The van der Waals surface area contributed by atoms with Gasteiger partial charge in [-0.1, -0.05) is 6.07 Å². The molecular formula is C29H32F2N4O2. The standard InChI is InChI=1S/C29H32F2N4O2/c30-23-13-20(14-24(31)16-23)2-4-28(37)34-11-5-22(6-12-34)27(36)18-35-19-29(7-9-33-10-8-29)25-3-1-21(17-32)15-26(25)35/h1-4,13-16,22,27,33,36H,5-12,18-19H2/b4-2+/t27-/m1/s1. The predicted molar refractivity (Wildman–Crippen MR) is 138 cm³/mol. The van der Waals surface area contributed by atoms with E-state index < -0.39 is 17.7 Å². The summed E-state index contributed by atoms with van der Waals surface area (Å²) in [5.41, 5.74) is 3.33. The highest BCUT2D eigenvalue weighted by Gasteiger charge is 2.44. The van der Waals surface area contributed by atoms with Gasteiger partial charge in [-0.05, 0) is 86.2 Å². The minimum absolute atomic E-state index is 0.0565. The molecule has 37 heavy (non-hydrogen) atoms. The van der Waals surface area contributed by atoms with Crippen molar-refractivity contribution in [2.24, 2.45) is 5.92 Å². The Morgan fingerprint density at radius 1 is 1.16 bits per heavy atom. The molecule has 8 heteroatoms. The van der Waals surface area contributed by atoms with Crippen molar-refractivity contribution in [1.82, 2.24) is 10.2 Å². The van der Waals surface area contributed by atoms with Crippen LogP contribution >= 0.6 is 0 Å². The zero-order valence-corrected chi connectivity index (χ0v) is 20.8. The number of hydrogen-bond donors (Lipinski definition) is 2. The molecule has 2 fully saturated rings. The third-order valence-corrected chi connectivity index (χ3v) is 8.20. The maximum absolute atomic E-state index is 13.4. The fraction of sp³-hybridized carbons (Fsp3) is 0.448. The second kappa shape index (κ2) is 10.6. The van der Waals surface area contributed by atoms with Crippen LogP contribution in [-0.2, 0) is 10.2 Å². The van der Waals surface area contributed by atoms with Crippen LogP contribution in [0.3, 0.4) is 0 Å². The van der Waals surface area contributed by atoms with Crippen LogP contribution in [0.15, 0.2) is 42.5 Å². The number of hydrogen-bond acceptors (Lipinski definition) is 5. The summed E-state index contributed by atoms with van der Waals surface area (Å²) in [4.78, 5) is 16.6. The van der Waals surface area contributed by atoms with Crippen molar-refractivity contribution < 1.29 is 18.7 Å². The maximum atomic E-state index is 13.4. The van der Waals surface area contributed by atoms with E-state index in [9.17, 15) is 23.9 Å². The summed E-state index contributed by atoms with van der Waals surface area (Å²) in [5.74, 6) is -1.50. The number of rotatable bonds is 5. The van der Waals surface area contributed by atoms with Crippen molar-refractivity contribution in [2.75, 3.05) is 44.2 Å². The molecule has 0 aliphatic carbocycles. The Kier molecular flexibility index (Phi) is 7.27. The first kappa shape index (κ1) is 25.4. The van der Waals surface area contributed by atoms with E-state index in [-0.39, 0.29) is 17.2 Å². The molecule has 0 saturated carbocycles. The SMILES string of the molecule is N#Cc1ccc2c(c1)N(C[C@@H](O)C1CCN(C(=O)/C=C/c3cc(F)cc(F)c3)CC1)CC21CCNCC1. The number of fused-ring (bicyclic) bond motifs is 2. The molecule has 2 N–H and O–H groups in total. The van der Waals surface area contributed by atoms with Crippen LogP contribution in [-0.4, -0.2) is 61.3 Å². The van der Waals surface area contributed by atoms with E-state index in [0.29, 0.717) is 43.6 Å². The maximum Gasteiger partial charge on any atom is 0.246 e. The summed E-state index contributed by atoms with van der Waals surface area (Å²) in [6, 6.07) is 11.4. The number of carbonyl (C=O) groups is 1. The van der Waals surface area contributed by atoms with Gasteiger partial charge in [-0.2, -0.15) is 5.26 Å². The largest absolute Gasteiger partial charge is 0.391 e. The minimum Gasteiger partial charge on any atom is -0.391 e. The fourth-order valence-corrected chi connectivity index (χ4v) is 6.17. The number of β-amino-alcohol motifs (C(OH)–C–C–N with tert-alkyl or cyclic N) is 1. The zero-order chi connectivity index (χ0) is 26.0. The molecule has 5 rings (SSSR count). The van der Waals surface area contributed by atoms with Gasteiger partial charge in [-0.3, -0.25) is 4.79 Å². The van der Waals surface area contributed by atoms with Crippen molar-refractivity contribution in [3.05, 3.63) is 70.8 Å². The highest BCUT2D eigenvalue weighted by atomic mass is 19.1. The molecule has 0 unspecified atom stereocenters. The number of halogens is 2. The number of nitriles is 1. The number of aliphatic hydroxyl groups is 1. The number of anilines is 1. The average Bonchev–Trinajstić information content (AvgIpc) is 3.18. The molecule has 6 nitrogen and oxygen atoms in total. The predicted octanol–water partition coefficient (Wildman–Crippen LogP) is 3.59. The Bertz CT molecular complexity index is 1210. The number of piperidine rings is 2. The molecule has 3 aliphatic heterocycles. The summed E-state index contributed by atoms with van der Waals surface area (Å²) < 4.78 is 26.8. The first-order valence-corrected chi connectivity index (χ1v) is 13.0. The van der Waals surface area contributed by atoms with Gasteiger partial charge in [0.1, 0.15) is 11.6 Å². The molecule has 0 radical (unpaired) electrons. The number of amides is 1. The van der Waals surface area contributed by atoms with Crippen molar-refractivity contribution in [3.63, 3.8) is 0 Å². The number of carbonyl (C=O) groups excluding carboxylic acids is 1. The number of nitrogens with zero attached hydrogens (tertiary/aromatic N) is 3. The highest BCUT2D eigenvalue weighted by Crippen LogP contribution is 2.46. The number of benzene rings is 2. The van der Waals surface area contributed by atoms with Crippen LogP contribution in [0, 0.1) is 28.9 Å². The van der Waals surface area contributed by atoms with Gasteiger partial charge < -0.3 is 20.2 Å². The monoisotopic (exact) mass is 506 g/mol. The summed E-state index contributed by atoms with van der Waals surface area (Å²) in [6.07, 6.45) is 5.67.